The van der Waals surface area contributed by atoms with Gasteiger partial charge in [0.25, 0.3) is 5.91 Å². The van der Waals surface area contributed by atoms with Gasteiger partial charge in [-0.25, -0.2) is 0 Å². The van der Waals surface area contributed by atoms with E-state index in [1.807, 2.05) is 35.2 Å². The number of fused-ring (bicyclic) bond motifs is 2. The highest BCUT2D eigenvalue weighted by Gasteiger charge is 2.43. The van der Waals surface area contributed by atoms with Crippen molar-refractivity contribution in [3.05, 3.63) is 59.2 Å². The number of carbonyl (C=O) groups is 1. The van der Waals surface area contributed by atoms with Crippen LogP contribution in [0.4, 0.5) is 0 Å². The predicted molar refractivity (Wildman–Crippen MR) is 99.6 cm³/mol. The maximum Gasteiger partial charge on any atom is 0.253 e. The van der Waals surface area contributed by atoms with Crippen LogP contribution in [0.5, 0.6) is 11.5 Å². The number of hydrogen-bond acceptors (Lipinski definition) is 4. The largest absolute Gasteiger partial charge is 0.497 e. The Kier molecular flexibility index (Phi) is 4.32. The maximum atomic E-state index is 12.8. The van der Waals surface area contributed by atoms with Gasteiger partial charge in [0.15, 0.2) is 0 Å². The summed E-state index contributed by atoms with van der Waals surface area (Å²) in [7, 11) is 1.61. The summed E-state index contributed by atoms with van der Waals surface area (Å²) in [4.78, 5) is 14.8. The van der Waals surface area contributed by atoms with Crippen molar-refractivity contribution in [1.29, 1.82) is 0 Å². The van der Waals surface area contributed by atoms with Crippen LogP contribution in [0.25, 0.3) is 0 Å². The molecule has 0 saturated carbocycles. The zero-order valence-corrected chi connectivity index (χ0v) is 15.0. The predicted octanol–water partition coefficient (Wildman–Crippen LogP) is 2.72. The molecule has 2 aliphatic heterocycles. The zero-order valence-electron chi connectivity index (χ0n) is 15.0. The fourth-order valence-electron chi connectivity index (χ4n) is 4.03. The molecule has 26 heavy (non-hydrogen) atoms. The van der Waals surface area contributed by atoms with E-state index in [2.05, 4.69) is 6.07 Å². The zero-order chi connectivity index (χ0) is 18.1. The van der Waals surface area contributed by atoms with Crippen molar-refractivity contribution < 1.29 is 14.3 Å². The summed E-state index contributed by atoms with van der Waals surface area (Å²) in [5, 5.41) is 0. The number of nitrogens with zero attached hydrogens (tertiary/aromatic N) is 1. The van der Waals surface area contributed by atoms with Gasteiger partial charge in [-0.05, 0) is 42.7 Å². The second kappa shape index (κ2) is 6.65. The van der Waals surface area contributed by atoms with Crippen LogP contribution in [0.2, 0.25) is 0 Å². The van der Waals surface area contributed by atoms with E-state index in [4.69, 9.17) is 15.2 Å². The van der Waals surface area contributed by atoms with Crippen LogP contribution < -0.4 is 15.2 Å². The minimum Gasteiger partial charge on any atom is -0.497 e. The van der Waals surface area contributed by atoms with Gasteiger partial charge >= 0.3 is 0 Å². The van der Waals surface area contributed by atoms with Gasteiger partial charge in [-0.2, -0.15) is 0 Å². The molecule has 5 nitrogen and oxygen atoms in total. The summed E-state index contributed by atoms with van der Waals surface area (Å²) < 4.78 is 11.2. The third-order valence-electron chi connectivity index (χ3n) is 5.68. The van der Waals surface area contributed by atoms with E-state index in [-0.39, 0.29) is 11.3 Å². The Morgan fingerprint density at radius 1 is 1.23 bits per heavy atom. The first-order chi connectivity index (χ1) is 12.6. The number of likely N-dealkylation sites (tertiary alicyclic amines) is 1. The molecule has 0 radical (unpaired) electrons. The van der Waals surface area contributed by atoms with Crippen LogP contribution in [0, 0.1) is 0 Å². The summed E-state index contributed by atoms with van der Waals surface area (Å²) in [6.07, 6.45) is 1.81. The molecular weight excluding hydrogens is 328 g/mol. The molecule has 2 aromatic rings. The molecule has 0 unspecified atom stereocenters. The number of methoxy groups -OCH3 is 1. The number of nitrogens with two attached hydrogens (primary N) is 1. The van der Waals surface area contributed by atoms with Crippen LogP contribution >= 0.6 is 0 Å². The van der Waals surface area contributed by atoms with Gasteiger partial charge in [-0.1, -0.05) is 18.2 Å². The van der Waals surface area contributed by atoms with Crippen molar-refractivity contribution in [2.75, 3.05) is 26.8 Å². The standard InChI is InChI=1S/C21H24N2O3/c1-25-17-4-2-3-16(12-17)20(24)23-9-7-21(8-10-23)14-26-19-6-5-15(13-22)11-18(19)21/h2-6,11-12H,7-10,13-14,22H2,1H3. The van der Waals surface area contributed by atoms with Crippen molar-refractivity contribution in [2.24, 2.45) is 5.73 Å². The molecule has 0 bridgehead atoms. The van der Waals surface area contributed by atoms with Gasteiger partial charge in [-0.15, -0.1) is 0 Å². The molecule has 1 saturated heterocycles. The Labute approximate surface area is 153 Å². The summed E-state index contributed by atoms with van der Waals surface area (Å²) in [5.41, 5.74) is 8.87. The Hall–Kier alpha value is -2.53. The molecule has 5 heteroatoms. The van der Waals surface area contributed by atoms with Gasteiger partial charge in [0.05, 0.1) is 13.7 Å². The summed E-state index contributed by atoms with van der Waals surface area (Å²) >= 11 is 0. The molecule has 0 aromatic heterocycles. The number of ether oxygens (including phenoxy) is 2. The van der Waals surface area contributed by atoms with E-state index < -0.39 is 0 Å². The molecular formula is C21H24N2O3. The first kappa shape index (κ1) is 16.9. The van der Waals surface area contributed by atoms with Gasteiger partial charge in [0.1, 0.15) is 11.5 Å². The Morgan fingerprint density at radius 2 is 2.04 bits per heavy atom. The van der Waals surface area contributed by atoms with Crippen molar-refractivity contribution in [3.8, 4) is 11.5 Å². The van der Waals surface area contributed by atoms with Crippen LogP contribution in [0.3, 0.4) is 0 Å². The quantitative estimate of drug-likeness (QED) is 0.922. The minimum absolute atomic E-state index is 0.00563. The highest BCUT2D eigenvalue weighted by atomic mass is 16.5. The Balaban J connectivity index is 1.51. The molecule has 1 fully saturated rings. The van der Waals surface area contributed by atoms with Crippen LogP contribution in [-0.2, 0) is 12.0 Å². The molecule has 136 valence electrons. The molecule has 2 heterocycles. The first-order valence-corrected chi connectivity index (χ1v) is 9.05. The van der Waals surface area contributed by atoms with E-state index in [0.717, 1.165) is 37.2 Å². The van der Waals surface area contributed by atoms with Crippen LogP contribution in [0.1, 0.15) is 34.3 Å². The van der Waals surface area contributed by atoms with Crippen molar-refractivity contribution >= 4 is 5.91 Å². The lowest BCUT2D eigenvalue weighted by Gasteiger charge is -2.38. The lowest BCUT2D eigenvalue weighted by molar-refractivity contribution is 0.0646. The van der Waals surface area contributed by atoms with Crippen molar-refractivity contribution in [3.63, 3.8) is 0 Å². The number of carbonyl (C=O) groups excluding carboxylic acids is 1. The maximum absolute atomic E-state index is 12.8. The molecule has 4 rings (SSSR count). The normalized spacial score (nSPS) is 17.7. The molecule has 1 amide bonds. The van der Waals surface area contributed by atoms with E-state index in [9.17, 15) is 4.79 Å². The second-order valence-corrected chi connectivity index (χ2v) is 7.13. The lowest BCUT2D eigenvalue weighted by Crippen LogP contribution is -2.46. The van der Waals surface area contributed by atoms with E-state index in [1.165, 1.54) is 5.56 Å². The molecule has 2 aliphatic rings. The number of amides is 1. The molecule has 1 spiro atoms. The third kappa shape index (κ3) is 2.82. The monoisotopic (exact) mass is 352 g/mol. The highest BCUT2D eigenvalue weighted by Crippen LogP contribution is 2.46. The van der Waals surface area contributed by atoms with Crippen molar-refractivity contribution in [2.45, 2.75) is 24.8 Å². The number of piperidine rings is 1. The Morgan fingerprint density at radius 3 is 2.77 bits per heavy atom. The number of benzene rings is 2. The molecule has 2 aromatic carbocycles. The van der Waals surface area contributed by atoms with Gasteiger partial charge in [0, 0.05) is 36.2 Å². The van der Waals surface area contributed by atoms with Gasteiger partial charge in [-0.3, -0.25) is 4.79 Å². The first-order valence-electron chi connectivity index (χ1n) is 9.05. The molecule has 2 N–H and O–H groups in total. The van der Waals surface area contributed by atoms with E-state index in [1.54, 1.807) is 13.2 Å². The molecule has 0 aliphatic carbocycles. The average Bonchev–Trinajstić information content (AvgIpc) is 3.05. The number of hydrogen-bond donors (Lipinski definition) is 1. The van der Waals surface area contributed by atoms with Crippen molar-refractivity contribution in [1.82, 2.24) is 4.90 Å². The summed E-state index contributed by atoms with van der Waals surface area (Å²) in [5.74, 6) is 1.74. The van der Waals surface area contributed by atoms with E-state index >= 15 is 0 Å². The smallest absolute Gasteiger partial charge is 0.253 e. The third-order valence-corrected chi connectivity index (χ3v) is 5.68. The number of rotatable bonds is 3. The SMILES string of the molecule is COc1cccc(C(=O)N2CCC3(CC2)COc2ccc(CN)cc23)c1. The summed E-state index contributed by atoms with van der Waals surface area (Å²) in [6, 6.07) is 13.6. The summed E-state index contributed by atoms with van der Waals surface area (Å²) in [6.45, 7) is 2.68. The lowest BCUT2D eigenvalue weighted by atomic mass is 9.74. The fourth-order valence-corrected chi connectivity index (χ4v) is 4.03. The second-order valence-electron chi connectivity index (χ2n) is 7.13. The van der Waals surface area contributed by atoms with E-state index in [0.29, 0.717) is 24.5 Å². The highest BCUT2D eigenvalue weighted by molar-refractivity contribution is 5.94. The minimum atomic E-state index is 0.00563. The van der Waals surface area contributed by atoms with Gasteiger partial charge in [0.2, 0.25) is 0 Å². The Bertz CT molecular complexity index is 826. The fraction of sp³-hybridized carbons (Fsp3) is 0.381. The topological polar surface area (TPSA) is 64.8 Å². The molecule has 0 atom stereocenters. The van der Waals surface area contributed by atoms with Crippen LogP contribution in [-0.4, -0.2) is 37.6 Å². The average molecular weight is 352 g/mol. The van der Waals surface area contributed by atoms with Gasteiger partial charge < -0.3 is 20.1 Å². The van der Waals surface area contributed by atoms with Crippen LogP contribution in [0.15, 0.2) is 42.5 Å².